The molecule has 0 unspecified atom stereocenters. The molecule has 0 saturated heterocycles. The molecule has 0 bridgehead atoms. The van der Waals surface area contributed by atoms with Crippen molar-refractivity contribution in [2.45, 2.75) is 26.5 Å². The zero-order chi connectivity index (χ0) is 20.5. The van der Waals surface area contributed by atoms with Gasteiger partial charge in [0.15, 0.2) is 11.5 Å². The normalized spacial score (nSPS) is 10.7. The van der Waals surface area contributed by atoms with Crippen molar-refractivity contribution in [2.24, 2.45) is 0 Å². The SMILES string of the molecule is CCOc1cccc(CNCCc2ccccc2F)c1OCc1ccc(Cl)cc1. The fraction of sp³-hybridized carbons (Fsp3) is 0.250. The minimum Gasteiger partial charge on any atom is -0.490 e. The van der Waals surface area contributed by atoms with Crippen LogP contribution in [-0.2, 0) is 19.6 Å². The lowest BCUT2D eigenvalue weighted by Gasteiger charge is -2.16. The molecule has 0 heterocycles. The predicted octanol–water partition coefficient (Wildman–Crippen LogP) is 5.79. The summed E-state index contributed by atoms with van der Waals surface area (Å²) in [5.41, 5.74) is 2.74. The van der Waals surface area contributed by atoms with E-state index in [1.54, 1.807) is 6.07 Å². The molecule has 29 heavy (non-hydrogen) atoms. The fourth-order valence-electron chi connectivity index (χ4n) is 3.02. The van der Waals surface area contributed by atoms with E-state index in [0.29, 0.717) is 43.3 Å². The average molecular weight is 414 g/mol. The van der Waals surface area contributed by atoms with Crippen LogP contribution in [0.15, 0.2) is 66.7 Å². The van der Waals surface area contributed by atoms with E-state index in [-0.39, 0.29) is 5.82 Å². The van der Waals surface area contributed by atoms with Crippen LogP contribution in [-0.4, -0.2) is 13.2 Å². The van der Waals surface area contributed by atoms with Crippen LogP contribution >= 0.6 is 11.6 Å². The van der Waals surface area contributed by atoms with Gasteiger partial charge in [-0.05, 0) is 55.3 Å². The van der Waals surface area contributed by atoms with Crippen LogP contribution < -0.4 is 14.8 Å². The Bertz CT molecular complexity index is 915. The number of para-hydroxylation sites is 1. The van der Waals surface area contributed by atoms with Crippen LogP contribution in [0.25, 0.3) is 0 Å². The van der Waals surface area contributed by atoms with Crippen LogP contribution in [0, 0.1) is 5.82 Å². The second-order valence-electron chi connectivity index (χ2n) is 6.61. The van der Waals surface area contributed by atoms with Crippen LogP contribution in [0.4, 0.5) is 4.39 Å². The summed E-state index contributed by atoms with van der Waals surface area (Å²) in [6.45, 7) is 4.19. The van der Waals surface area contributed by atoms with E-state index < -0.39 is 0 Å². The standard InChI is InChI=1S/C24H25ClFNO2/c1-2-28-23-9-5-7-20(16-27-15-14-19-6-3-4-8-22(19)26)24(23)29-17-18-10-12-21(25)13-11-18/h3-13,27H,2,14-17H2,1H3. The number of ether oxygens (including phenoxy) is 2. The fourth-order valence-corrected chi connectivity index (χ4v) is 3.14. The molecule has 0 fully saturated rings. The molecule has 1 N–H and O–H groups in total. The molecule has 0 spiro atoms. The van der Waals surface area contributed by atoms with Crippen LogP contribution in [0.2, 0.25) is 5.02 Å². The Morgan fingerprint density at radius 3 is 2.41 bits per heavy atom. The maximum atomic E-state index is 13.8. The van der Waals surface area contributed by atoms with Crippen molar-refractivity contribution in [1.82, 2.24) is 5.32 Å². The topological polar surface area (TPSA) is 30.5 Å². The Morgan fingerprint density at radius 2 is 1.66 bits per heavy atom. The van der Waals surface area contributed by atoms with Gasteiger partial charge in [-0.3, -0.25) is 0 Å². The number of benzene rings is 3. The Hall–Kier alpha value is -2.56. The third-order valence-electron chi connectivity index (χ3n) is 4.50. The molecular weight excluding hydrogens is 389 g/mol. The van der Waals surface area contributed by atoms with Gasteiger partial charge < -0.3 is 14.8 Å². The van der Waals surface area contributed by atoms with Crippen molar-refractivity contribution in [3.63, 3.8) is 0 Å². The van der Waals surface area contributed by atoms with Crippen molar-refractivity contribution in [2.75, 3.05) is 13.2 Å². The molecule has 0 aliphatic carbocycles. The van der Waals surface area contributed by atoms with Crippen molar-refractivity contribution < 1.29 is 13.9 Å². The second-order valence-corrected chi connectivity index (χ2v) is 7.05. The first-order chi connectivity index (χ1) is 14.2. The summed E-state index contributed by atoms with van der Waals surface area (Å²) in [7, 11) is 0. The van der Waals surface area contributed by atoms with Crippen molar-refractivity contribution in [3.05, 3.63) is 94.3 Å². The lowest BCUT2D eigenvalue weighted by atomic mass is 10.1. The molecule has 0 atom stereocenters. The Labute approximate surface area is 176 Å². The van der Waals surface area contributed by atoms with Crippen LogP contribution in [0.5, 0.6) is 11.5 Å². The van der Waals surface area contributed by atoms with Crippen molar-refractivity contribution in [3.8, 4) is 11.5 Å². The van der Waals surface area contributed by atoms with Gasteiger partial charge in [-0.25, -0.2) is 4.39 Å². The van der Waals surface area contributed by atoms with Gasteiger partial charge in [0.05, 0.1) is 6.61 Å². The summed E-state index contributed by atoms with van der Waals surface area (Å²) in [5.74, 6) is 1.28. The van der Waals surface area contributed by atoms with Gasteiger partial charge in [-0.1, -0.05) is 54.1 Å². The molecule has 0 amide bonds. The summed E-state index contributed by atoms with van der Waals surface area (Å²) in [6.07, 6.45) is 0.624. The van der Waals surface area contributed by atoms with Crippen molar-refractivity contribution in [1.29, 1.82) is 0 Å². The lowest BCUT2D eigenvalue weighted by Crippen LogP contribution is -2.18. The predicted molar refractivity (Wildman–Crippen MR) is 115 cm³/mol. The molecule has 5 heteroatoms. The van der Waals surface area contributed by atoms with E-state index >= 15 is 0 Å². The molecule has 3 aromatic carbocycles. The van der Waals surface area contributed by atoms with E-state index in [4.69, 9.17) is 21.1 Å². The summed E-state index contributed by atoms with van der Waals surface area (Å²) in [6, 6.07) is 20.3. The number of halogens is 2. The van der Waals surface area contributed by atoms with E-state index in [1.807, 2.05) is 61.5 Å². The van der Waals surface area contributed by atoms with E-state index in [9.17, 15) is 4.39 Å². The number of hydrogen-bond donors (Lipinski definition) is 1. The Morgan fingerprint density at radius 1 is 0.897 bits per heavy atom. The summed E-state index contributed by atoms with van der Waals surface area (Å²) < 4.78 is 25.6. The average Bonchev–Trinajstić information content (AvgIpc) is 2.73. The van der Waals surface area contributed by atoms with Gasteiger partial charge >= 0.3 is 0 Å². The van der Waals surface area contributed by atoms with Crippen molar-refractivity contribution >= 4 is 11.6 Å². The molecule has 0 radical (unpaired) electrons. The maximum Gasteiger partial charge on any atom is 0.166 e. The highest BCUT2D eigenvalue weighted by atomic mass is 35.5. The molecule has 3 rings (SSSR count). The molecule has 0 aliphatic heterocycles. The zero-order valence-electron chi connectivity index (χ0n) is 16.5. The minimum absolute atomic E-state index is 0.167. The lowest BCUT2D eigenvalue weighted by molar-refractivity contribution is 0.266. The van der Waals surface area contributed by atoms with Gasteiger partial charge in [-0.15, -0.1) is 0 Å². The zero-order valence-corrected chi connectivity index (χ0v) is 17.2. The molecule has 152 valence electrons. The number of hydrogen-bond acceptors (Lipinski definition) is 3. The molecular formula is C24H25ClFNO2. The van der Waals surface area contributed by atoms with E-state index in [2.05, 4.69) is 5.32 Å². The van der Waals surface area contributed by atoms with Gasteiger partial charge in [-0.2, -0.15) is 0 Å². The first kappa shape index (κ1) is 21.2. The summed E-state index contributed by atoms with van der Waals surface area (Å²) in [4.78, 5) is 0. The highest BCUT2D eigenvalue weighted by Crippen LogP contribution is 2.32. The van der Waals surface area contributed by atoms with Gasteiger partial charge in [0.1, 0.15) is 12.4 Å². The third kappa shape index (κ3) is 6.21. The van der Waals surface area contributed by atoms with E-state index in [0.717, 1.165) is 22.6 Å². The van der Waals surface area contributed by atoms with Gasteiger partial charge in [0, 0.05) is 17.1 Å². The highest BCUT2D eigenvalue weighted by Gasteiger charge is 2.11. The molecule has 0 aliphatic rings. The molecule has 0 aromatic heterocycles. The molecule has 3 nitrogen and oxygen atoms in total. The maximum absolute atomic E-state index is 13.8. The minimum atomic E-state index is -0.167. The quantitative estimate of drug-likeness (QED) is 0.427. The second kappa shape index (κ2) is 10.8. The summed E-state index contributed by atoms with van der Waals surface area (Å²) in [5, 5.41) is 4.07. The largest absolute Gasteiger partial charge is 0.490 e. The first-order valence-corrected chi connectivity index (χ1v) is 10.1. The number of nitrogens with one attached hydrogen (secondary N) is 1. The Balaban J connectivity index is 1.64. The van der Waals surface area contributed by atoms with Gasteiger partial charge in [0.25, 0.3) is 0 Å². The highest BCUT2D eigenvalue weighted by molar-refractivity contribution is 6.30. The van der Waals surface area contributed by atoms with Crippen LogP contribution in [0.1, 0.15) is 23.6 Å². The van der Waals surface area contributed by atoms with Gasteiger partial charge in [0.2, 0.25) is 0 Å². The van der Waals surface area contributed by atoms with E-state index in [1.165, 1.54) is 6.07 Å². The summed E-state index contributed by atoms with van der Waals surface area (Å²) >= 11 is 5.95. The molecule has 3 aromatic rings. The smallest absolute Gasteiger partial charge is 0.166 e. The third-order valence-corrected chi connectivity index (χ3v) is 4.75. The monoisotopic (exact) mass is 413 g/mol. The molecule has 0 saturated carbocycles. The number of rotatable bonds is 10. The first-order valence-electron chi connectivity index (χ1n) is 9.73. The van der Waals surface area contributed by atoms with Crippen LogP contribution in [0.3, 0.4) is 0 Å². The Kier molecular flexibility index (Phi) is 7.91.